The van der Waals surface area contributed by atoms with Gasteiger partial charge < -0.3 is 10.1 Å². The van der Waals surface area contributed by atoms with Gasteiger partial charge in [0.2, 0.25) is 9.84 Å². The lowest BCUT2D eigenvalue weighted by molar-refractivity contribution is -0.384. The lowest BCUT2D eigenvalue weighted by Crippen LogP contribution is -2.12. The number of rotatable bonds is 6. The molecule has 25 heavy (non-hydrogen) atoms. The smallest absolute Gasteiger partial charge is 0.341 e. The summed E-state index contributed by atoms with van der Waals surface area (Å²) in [5, 5.41) is 13.7. The first-order chi connectivity index (χ1) is 11.7. The van der Waals surface area contributed by atoms with Gasteiger partial charge in [0.1, 0.15) is 5.69 Å². The van der Waals surface area contributed by atoms with E-state index in [1.807, 2.05) is 0 Å². The summed E-state index contributed by atoms with van der Waals surface area (Å²) in [5.74, 6) is -4.47. The lowest BCUT2D eigenvalue weighted by Gasteiger charge is -2.10. The van der Waals surface area contributed by atoms with Crippen molar-refractivity contribution in [1.82, 2.24) is 0 Å². The number of sulfone groups is 1. The lowest BCUT2D eigenvalue weighted by atomic mass is 10.2. The highest BCUT2D eigenvalue weighted by molar-refractivity contribution is 7.91. The minimum atomic E-state index is -4.97. The molecule has 0 saturated carbocycles. The van der Waals surface area contributed by atoms with Crippen LogP contribution in [0.1, 0.15) is 0 Å². The van der Waals surface area contributed by atoms with Crippen LogP contribution in [0, 0.1) is 15.9 Å². The van der Waals surface area contributed by atoms with Gasteiger partial charge in [-0.3, -0.25) is 10.1 Å². The van der Waals surface area contributed by atoms with Crippen molar-refractivity contribution >= 4 is 26.9 Å². The van der Waals surface area contributed by atoms with Gasteiger partial charge in [-0.15, -0.1) is 0 Å². The fraction of sp³-hybridized carbons (Fsp3) is 0.143. The highest BCUT2D eigenvalue weighted by atomic mass is 32.2. The Bertz CT molecular complexity index is 919. The average Bonchev–Trinajstić information content (AvgIpc) is 2.56. The van der Waals surface area contributed by atoms with Gasteiger partial charge in [-0.2, -0.15) is 8.78 Å². The van der Waals surface area contributed by atoms with Crippen LogP contribution in [-0.2, 0) is 9.84 Å². The van der Waals surface area contributed by atoms with Gasteiger partial charge >= 0.3 is 5.76 Å². The maximum Gasteiger partial charge on any atom is 0.341 e. The molecular formula is C14H11F3N2O5S. The Labute approximate surface area is 140 Å². The molecule has 0 heterocycles. The van der Waals surface area contributed by atoms with Crippen molar-refractivity contribution in [1.29, 1.82) is 0 Å². The molecule has 134 valence electrons. The third-order valence-corrected chi connectivity index (χ3v) is 4.54. The number of benzene rings is 2. The van der Waals surface area contributed by atoms with E-state index in [0.29, 0.717) is 6.07 Å². The third kappa shape index (κ3) is 3.82. The number of methoxy groups -OCH3 is 1. The fourth-order valence-electron chi connectivity index (χ4n) is 1.94. The zero-order valence-corrected chi connectivity index (χ0v) is 13.4. The molecule has 7 nitrogen and oxygen atoms in total. The van der Waals surface area contributed by atoms with Crippen molar-refractivity contribution in [3.05, 3.63) is 52.3 Å². The number of nitrogens with zero attached hydrogens (tertiary/aromatic N) is 1. The molecule has 0 fully saturated rings. The normalized spacial score (nSPS) is 11.4. The zero-order chi connectivity index (χ0) is 18.8. The molecule has 2 aromatic rings. The summed E-state index contributed by atoms with van der Waals surface area (Å²) >= 11 is 0. The third-order valence-electron chi connectivity index (χ3n) is 3.16. The summed E-state index contributed by atoms with van der Waals surface area (Å²) in [6.07, 6.45) is 0. The van der Waals surface area contributed by atoms with Crippen molar-refractivity contribution in [3.8, 4) is 5.75 Å². The molecule has 0 saturated heterocycles. The SMILES string of the molecule is COc1cc(Nc2ccc(S(=O)(=O)C(F)F)cc2[N+](=O)[O-])ccc1F. The van der Waals surface area contributed by atoms with Crippen molar-refractivity contribution in [2.45, 2.75) is 10.7 Å². The van der Waals surface area contributed by atoms with E-state index in [9.17, 15) is 31.7 Å². The zero-order valence-electron chi connectivity index (χ0n) is 12.6. The molecule has 0 atom stereocenters. The quantitative estimate of drug-likeness (QED) is 0.612. The number of hydrogen-bond acceptors (Lipinski definition) is 6. The molecule has 0 aliphatic carbocycles. The largest absolute Gasteiger partial charge is 0.494 e. The number of halogens is 3. The maximum absolute atomic E-state index is 13.4. The second-order valence-corrected chi connectivity index (χ2v) is 6.63. The van der Waals surface area contributed by atoms with Gasteiger partial charge in [0.15, 0.2) is 11.6 Å². The average molecular weight is 376 g/mol. The van der Waals surface area contributed by atoms with Crippen LogP contribution in [-0.4, -0.2) is 26.2 Å². The number of nitrogens with one attached hydrogen (secondary N) is 1. The van der Waals surface area contributed by atoms with Gasteiger partial charge in [-0.1, -0.05) is 0 Å². The Kier molecular flexibility index (Phi) is 5.16. The van der Waals surface area contributed by atoms with Gasteiger partial charge in [-0.05, 0) is 24.3 Å². The van der Waals surface area contributed by atoms with E-state index < -0.39 is 36.9 Å². The van der Waals surface area contributed by atoms with E-state index in [2.05, 4.69) is 5.32 Å². The monoisotopic (exact) mass is 376 g/mol. The molecular weight excluding hydrogens is 365 g/mol. The summed E-state index contributed by atoms with van der Waals surface area (Å²) in [5.41, 5.74) is -0.678. The predicted octanol–water partition coefficient (Wildman–Crippen LogP) is 3.48. The molecule has 0 unspecified atom stereocenters. The van der Waals surface area contributed by atoms with Gasteiger partial charge in [0.25, 0.3) is 5.69 Å². The Morgan fingerprint density at radius 2 is 1.88 bits per heavy atom. The number of ether oxygens (including phenoxy) is 1. The van der Waals surface area contributed by atoms with E-state index >= 15 is 0 Å². The van der Waals surface area contributed by atoms with Crippen LogP contribution in [0.25, 0.3) is 0 Å². The Balaban J connectivity index is 2.47. The van der Waals surface area contributed by atoms with E-state index in [-0.39, 0.29) is 17.1 Å². The van der Waals surface area contributed by atoms with Gasteiger partial charge in [-0.25, -0.2) is 12.8 Å². The Hall–Kier alpha value is -2.82. The van der Waals surface area contributed by atoms with Crippen molar-refractivity contribution in [2.24, 2.45) is 0 Å². The highest BCUT2D eigenvalue weighted by Gasteiger charge is 2.29. The standard InChI is InChI=1S/C14H11F3N2O5S/c1-24-13-6-8(2-4-10(13)15)18-11-5-3-9(7-12(11)19(20)21)25(22,23)14(16)17/h2-7,14,18H,1H3. The van der Waals surface area contributed by atoms with Crippen molar-refractivity contribution < 1.29 is 31.2 Å². The van der Waals surface area contributed by atoms with Crippen LogP contribution in [0.5, 0.6) is 5.75 Å². The second-order valence-electron chi connectivity index (χ2n) is 4.72. The number of nitro groups is 1. The fourth-order valence-corrected chi connectivity index (χ4v) is 2.68. The molecule has 0 amide bonds. The topological polar surface area (TPSA) is 98.5 Å². The Morgan fingerprint density at radius 3 is 2.44 bits per heavy atom. The van der Waals surface area contributed by atoms with Crippen LogP contribution in [0.4, 0.5) is 30.2 Å². The predicted molar refractivity (Wildman–Crippen MR) is 82.5 cm³/mol. The van der Waals surface area contributed by atoms with E-state index in [1.54, 1.807) is 0 Å². The summed E-state index contributed by atoms with van der Waals surface area (Å²) in [6.45, 7) is 0. The van der Waals surface area contributed by atoms with E-state index in [0.717, 1.165) is 18.2 Å². The summed E-state index contributed by atoms with van der Waals surface area (Å²) in [4.78, 5) is 9.34. The maximum atomic E-state index is 13.4. The van der Waals surface area contributed by atoms with Crippen LogP contribution < -0.4 is 10.1 Å². The highest BCUT2D eigenvalue weighted by Crippen LogP contribution is 2.33. The molecule has 0 aliphatic rings. The molecule has 0 bridgehead atoms. The Morgan fingerprint density at radius 1 is 1.20 bits per heavy atom. The van der Waals surface area contributed by atoms with E-state index in [4.69, 9.17) is 4.74 Å². The molecule has 0 aromatic heterocycles. The summed E-state index contributed by atoms with van der Waals surface area (Å²) in [6, 6.07) is 5.88. The van der Waals surface area contributed by atoms with E-state index in [1.165, 1.54) is 19.2 Å². The number of anilines is 2. The number of hydrogen-bond donors (Lipinski definition) is 1. The molecule has 1 N–H and O–H groups in total. The minimum Gasteiger partial charge on any atom is -0.494 e. The van der Waals surface area contributed by atoms with Crippen LogP contribution in [0.2, 0.25) is 0 Å². The minimum absolute atomic E-state index is 0.121. The van der Waals surface area contributed by atoms with Crippen molar-refractivity contribution in [3.63, 3.8) is 0 Å². The van der Waals surface area contributed by atoms with Crippen LogP contribution in [0.3, 0.4) is 0 Å². The van der Waals surface area contributed by atoms with Gasteiger partial charge in [0, 0.05) is 17.8 Å². The first kappa shape index (κ1) is 18.5. The first-order valence-corrected chi connectivity index (χ1v) is 8.12. The second kappa shape index (κ2) is 6.97. The molecule has 0 spiro atoms. The first-order valence-electron chi connectivity index (χ1n) is 6.58. The van der Waals surface area contributed by atoms with Crippen LogP contribution >= 0.6 is 0 Å². The van der Waals surface area contributed by atoms with Crippen molar-refractivity contribution in [2.75, 3.05) is 12.4 Å². The number of nitro benzene ring substituents is 1. The molecule has 2 aromatic carbocycles. The van der Waals surface area contributed by atoms with Crippen LogP contribution in [0.15, 0.2) is 41.3 Å². The molecule has 11 heteroatoms. The number of alkyl halides is 2. The molecule has 0 radical (unpaired) electrons. The van der Waals surface area contributed by atoms with Gasteiger partial charge in [0.05, 0.1) is 16.9 Å². The summed E-state index contributed by atoms with van der Waals surface area (Å²) < 4.78 is 66.2. The molecule has 0 aliphatic heterocycles. The summed E-state index contributed by atoms with van der Waals surface area (Å²) in [7, 11) is -3.74. The molecule has 2 rings (SSSR count).